The van der Waals surface area contributed by atoms with Crippen LogP contribution in [0, 0.1) is 11.6 Å². The third-order valence-electron chi connectivity index (χ3n) is 5.62. The van der Waals surface area contributed by atoms with Gasteiger partial charge in [0.15, 0.2) is 0 Å². The van der Waals surface area contributed by atoms with Crippen molar-refractivity contribution in [1.82, 2.24) is 10.2 Å². The van der Waals surface area contributed by atoms with Crippen LogP contribution in [0.2, 0.25) is 0 Å². The number of carbonyl (C=O) groups excluding carboxylic acids is 2. The standard InChI is InChI=1S/C26H27F2N3O4S/c1-3-24(26(33)29-2)30(17-19-9-11-20(27)12-10-19)25(32)18-31(22-15-13-21(28)14-16-22)36(34,35)23-7-5-4-6-8-23/h4-16,24H,3,17-18H2,1-2H3,(H,29,33)/t24-/m0/s1. The summed E-state index contributed by atoms with van der Waals surface area (Å²) in [5, 5.41) is 2.53. The lowest BCUT2D eigenvalue weighted by Gasteiger charge is -2.33. The van der Waals surface area contributed by atoms with Crippen LogP contribution in [0.25, 0.3) is 0 Å². The summed E-state index contributed by atoms with van der Waals surface area (Å²) in [5.41, 5.74) is 0.648. The van der Waals surface area contributed by atoms with Gasteiger partial charge in [-0.2, -0.15) is 0 Å². The van der Waals surface area contributed by atoms with E-state index in [1.807, 2.05) is 0 Å². The van der Waals surface area contributed by atoms with Crippen molar-refractivity contribution in [2.24, 2.45) is 0 Å². The Morgan fingerprint density at radius 2 is 1.44 bits per heavy atom. The molecule has 0 bridgehead atoms. The minimum absolute atomic E-state index is 0.0479. The van der Waals surface area contributed by atoms with E-state index in [0.717, 1.165) is 16.4 Å². The van der Waals surface area contributed by atoms with Crippen LogP contribution in [0.3, 0.4) is 0 Å². The number of amides is 2. The number of benzene rings is 3. The molecule has 36 heavy (non-hydrogen) atoms. The second kappa shape index (κ2) is 11.8. The molecule has 0 aliphatic rings. The van der Waals surface area contributed by atoms with E-state index in [0.29, 0.717) is 5.56 Å². The summed E-state index contributed by atoms with van der Waals surface area (Å²) in [4.78, 5) is 27.5. The summed E-state index contributed by atoms with van der Waals surface area (Å²) >= 11 is 0. The third-order valence-corrected chi connectivity index (χ3v) is 7.41. The van der Waals surface area contributed by atoms with Gasteiger partial charge in [0.05, 0.1) is 10.6 Å². The molecular formula is C26H27F2N3O4S. The Labute approximate surface area is 209 Å². The Morgan fingerprint density at radius 1 is 0.889 bits per heavy atom. The number of nitrogens with one attached hydrogen (secondary N) is 1. The quantitative estimate of drug-likeness (QED) is 0.446. The SMILES string of the molecule is CC[C@@H](C(=O)NC)N(Cc1ccc(F)cc1)C(=O)CN(c1ccc(F)cc1)S(=O)(=O)c1ccccc1. The number of hydrogen-bond acceptors (Lipinski definition) is 4. The average molecular weight is 516 g/mol. The Balaban J connectivity index is 2.03. The molecule has 0 saturated carbocycles. The topological polar surface area (TPSA) is 86.8 Å². The molecule has 1 atom stereocenters. The number of anilines is 1. The lowest BCUT2D eigenvalue weighted by molar-refractivity contribution is -0.140. The lowest BCUT2D eigenvalue weighted by atomic mass is 10.1. The first kappa shape index (κ1) is 26.8. The lowest BCUT2D eigenvalue weighted by Crippen LogP contribution is -2.51. The van der Waals surface area contributed by atoms with Crippen molar-refractivity contribution >= 4 is 27.5 Å². The van der Waals surface area contributed by atoms with E-state index in [2.05, 4.69) is 5.32 Å². The van der Waals surface area contributed by atoms with Crippen LogP contribution >= 0.6 is 0 Å². The van der Waals surface area contributed by atoms with E-state index in [-0.39, 0.29) is 23.5 Å². The zero-order chi connectivity index (χ0) is 26.3. The van der Waals surface area contributed by atoms with E-state index in [9.17, 15) is 26.8 Å². The van der Waals surface area contributed by atoms with Gasteiger partial charge < -0.3 is 10.2 Å². The number of nitrogens with zero attached hydrogens (tertiary/aromatic N) is 2. The molecule has 0 radical (unpaired) electrons. The monoisotopic (exact) mass is 515 g/mol. The van der Waals surface area contributed by atoms with Gasteiger partial charge in [0.25, 0.3) is 10.0 Å². The molecule has 0 unspecified atom stereocenters. The zero-order valence-corrected chi connectivity index (χ0v) is 20.7. The number of likely N-dealkylation sites (N-methyl/N-ethyl adjacent to an activating group) is 1. The zero-order valence-electron chi connectivity index (χ0n) is 19.9. The first-order valence-electron chi connectivity index (χ1n) is 11.3. The average Bonchev–Trinajstić information content (AvgIpc) is 2.89. The molecule has 0 spiro atoms. The molecule has 7 nitrogen and oxygen atoms in total. The maximum absolute atomic E-state index is 13.7. The van der Waals surface area contributed by atoms with Gasteiger partial charge in [0.2, 0.25) is 11.8 Å². The van der Waals surface area contributed by atoms with E-state index in [1.165, 1.54) is 60.5 Å². The molecule has 0 fully saturated rings. The van der Waals surface area contributed by atoms with Crippen LogP contribution in [0.15, 0.2) is 83.8 Å². The van der Waals surface area contributed by atoms with Crippen LogP contribution in [0.4, 0.5) is 14.5 Å². The maximum atomic E-state index is 13.7. The Kier molecular flexibility index (Phi) is 8.76. The number of rotatable bonds is 10. The van der Waals surface area contributed by atoms with Gasteiger partial charge in [-0.1, -0.05) is 37.3 Å². The molecule has 2 amide bonds. The molecule has 0 saturated heterocycles. The normalized spacial score (nSPS) is 12.0. The van der Waals surface area contributed by atoms with Gasteiger partial charge in [-0.05, 0) is 60.5 Å². The van der Waals surface area contributed by atoms with Gasteiger partial charge in [-0.15, -0.1) is 0 Å². The Bertz CT molecular complexity index is 1290. The molecule has 0 aromatic heterocycles. The number of sulfonamides is 1. The number of hydrogen-bond donors (Lipinski definition) is 1. The van der Waals surface area contributed by atoms with Crippen molar-refractivity contribution in [3.63, 3.8) is 0 Å². The van der Waals surface area contributed by atoms with E-state index < -0.39 is 46.1 Å². The van der Waals surface area contributed by atoms with Crippen molar-refractivity contribution in [2.75, 3.05) is 17.9 Å². The van der Waals surface area contributed by atoms with Crippen molar-refractivity contribution in [2.45, 2.75) is 30.8 Å². The number of carbonyl (C=O) groups is 2. The third kappa shape index (κ3) is 6.25. The first-order valence-corrected chi connectivity index (χ1v) is 12.7. The molecule has 3 rings (SSSR count). The summed E-state index contributed by atoms with van der Waals surface area (Å²) in [6.45, 7) is 1.04. The van der Waals surface area contributed by atoms with Crippen LogP contribution in [0.1, 0.15) is 18.9 Å². The van der Waals surface area contributed by atoms with Crippen LogP contribution in [-0.4, -0.2) is 44.8 Å². The number of halogens is 2. The fraction of sp³-hybridized carbons (Fsp3) is 0.231. The van der Waals surface area contributed by atoms with Crippen molar-refractivity contribution < 1.29 is 26.8 Å². The molecule has 1 N–H and O–H groups in total. The highest BCUT2D eigenvalue weighted by Gasteiger charge is 2.33. The van der Waals surface area contributed by atoms with Gasteiger partial charge in [0, 0.05) is 13.6 Å². The van der Waals surface area contributed by atoms with Gasteiger partial charge in [-0.25, -0.2) is 17.2 Å². The largest absolute Gasteiger partial charge is 0.357 e. The van der Waals surface area contributed by atoms with Gasteiger partial charge >= 0.3 is 0 Å². The first-order chi connectivity index (χ1) is 17.2. The second-order valence-electron chi connectivity index (χ2n) is 7.99. The van der Waals surface area contributed by atoms with Crippen LogP contribution in [-0.2, 0) is 26.2 Å². The molecule has 3 aromatic carbocycles. The molecule has 0 aliphatic carbocycles. The molecule has 0 heterocycles. The van der Waals surface area contributed by atoms with Crippen molar-refractivity contribution in [3.05, 3.63) is 96.1 Å². The molecule has 190 valence electrons. The van der Waals surface area contributed by atoms with Crippen molar-refractivity contribution in [3.8, 4) is 0 Å². The molecule has 0 aliphatic heterocycles. The molecule has 3 aromatic rings. The minimum Gasteiger partial charge on any atom is -0.357 e. The summed E-state index contributed by atoms with van der Waals surface area (Å²) in [6.07, 6.45) is 0.259. The predicted molar refractivity (Wildman–Crippen MR) is 132 cm³/mol. The van der Waals surface area contributed by atoms with Gasteiger partial charge in [0.1, 0.15) is 24.2 Å². The Morgan fingerprint density at radius 3 is 1.97 bits per heavy atom. The fourth-order valence-electron chi connectivity index (χ4n) is 3.73. The molecular weight excluding hydrogens is 488 g/mol. The summed E-state index contributed by atoms with van der Waals surface area (Å²) in [6, 6.07) is 16.8. The Hall–Kier alpha value is -3.79. The fourth-order valence-corrected chi connectivity index (χ4v) is 5.16. The van der Waals surface area contributed by atoms with Crippen LogP contribution < -0.4 is 9.62 Å². The minimum atomic E-state index is -4.22. The summed E-state index contributed by atoms with van der Waals surface area (Å²) in [5.74, 6) is -2.09. The molecule has 10 heteroatoms. The maximum Gasteiger partial charge on any atom is 0.264 e. The highest BCUT2D eigenvalue weighted by atomic mass is 32.2. The van der Waals surface area contributed by atoms with E-state index in [4.69, 9.17) is 0 Å². The predicted octanol–water partition coefficient (Wildman–Crippen LogP) is 3.71. The second-order valence-corrected chi connectivity index (χ2v) is 9.85. The van der Waals surface area contributed by atoms with E-state index >= 15 is 0 Å². The van der Waals surface area contributed by atoms with Crippen molar-refractivity contribution in [1.29, 1.82) is 0 Å². The smallest absolute Gasteiger partial charge is 0.264 e. The summed E-state index contributed by atoms with van der Waals surface area (Å²) in [7, 11) is -2.78. The highest BCUT2D eigenvalue weighted by molar-refractivity contribution is 7.92. The van der Waals surface area contributed by atoms with Gasteiger partial charge in [-0.3, -0.25) is 13.9 Å². The van der Waals surface area contributed by atoms with E-state index in [1.54, 1.807) is 25.1 Å². The highest BCUT2D eigenvalue weighted by Crippen LogP contribution is 2.25. The van der Waals surface area contributed by atoms with Crippen LogP contribution in [0.5, 0.6) is 0 Å². The summed E-state index contributed by atoms with van der Waals surface area (Å²) < 4.78 is 55.0.